The monoisotopic (exact) mass is 529 g/mol. The average molecular weight is 531 g/mol. The third-order valence-electron chi connectivity index (χ3n) is 7.20. The van der Waals surface area contributed by atoms with Gasteiger partial charge >= 0.3 is 0 Å². The fraction of sp³-hybridized carbons (Fsp3) is 0.500. The van der Waals surface area contributed by atoms with Crippen molar-refractivity contribution in [3.05, 3.63) is 63.6 Å². The van der Waals surface area contributed by atoms with E-state index in [2.05, 4.69) is 22.5 Å². The number of primary amides is 1. The van der Waals surface area contributed by atoms with E-state index in [1.165, 1.54) is 32.1 Å². The van der Waals surface area contributed by atoms with Gasteiger partial charge in [0, 0.05) is 60.3 Å². The summed E-state index contributed by atoms with van der Waals surface area (Å²) < 4.78 is 0. The quantitative estimate of drug-likeness (QED) is 0.320. The van der Waals surface area contributed by atoms with E-state index in [-0.39, 0.29) is 18.2 Å². The number of rotatable bonds is 7. The Labute approximate surface area is 224 Å². The summed E-state index contributed by atoms with van der Waals surface area (Å²) in [7, 11) is 0. The molecule has 8 heteroatoms. The molecule has 1 aliphatic carbocycles. The molecule has 194 valence electrons. The van der Waals surface area contributed by atoms with Gasteiger partial charge in [-0.2, -0.15) is 0 Å². The lowest BCUT2D eigenvalue weighted by Crippen LogP contribution is -2.53. The lowest BCUT2D eigenvalue weighted by Gasteiger charge is -2.34. The highest BCUT2D eigenvalue weighted by molar-refractivity contribution is 6.35. The zero-order valence-electron chi connectivity index (χ0n) is 21.0. The predicted molar refractivity (Wildman–Crippen MR) is 150 cm³/mol. The van der Waals surface area contributed by atoms with Gasteiger partial charge < -0.3 is 21.3 Å². The van der Waals surface area contributed by atoms with Gasteiger partial charge in [-0.1, -0.05) is 60.7 Å². The van der Waals surface area contributed by atoms with E-state index in [4.69, 9.17) is 33.9 Å². The van der Waals surface area contributed by atoms with Gasteiger partial charge in [-0.15, -0.1) is 0 Å². The van der Waals surface area contributed by atoms with Crippen molar-refractivity contribution >= 4 is 40.8 Å². The molecule has 0 bridgehead atoms. The molecule has 1 heterocycles. The molecule has 4 N–H and O–H groups in total. The smallest absolute Gasteiger partial charge is 0.218 e. The number of nitrogens with zero attached hydrogens (tertiary/aromatic N) is 2. The number of amides is 1. The number of halogens is 2. The Morgan fingerprint density at radius 2 is 1.92 bits per heavy atom. The summed E-state index contributed by atoms with van der Waals surface area (Å²) in [6.07, 6.45) is 6.71. The van der Waals surface area contributed by atoms with Crippen molar-refractivity contribution in [3.63, 3.8) is 0 Å². The second-order valence-electron chi connectivity index (χ2n) is 10.1. The van der Waals surface area contributed by atoms with Crippen LogP contribution in [0.4, 0.5) is 5.69 Å². The van der Waals surface area contributed by atoms with Gasteiger partial charge in [0.1, 0.15) is 0 Å². The Morgan fingerprint density at radius 1 is 1.17 bits per heavy atom. The van der Waals surface area contributed by atoms with Gasteiger partial charge in [-0.25, -0.2) is 0 Å². The van der Waals surface area contributed by atoms with Crippen molar-refractivity contribution in [2.24, 2.45) is 16.6 Å². The summed E-state index contributed by atoms with van der Waals surface area (Å²) in [5.74, 6) is 1.00. The molecule has 2 fully saturated rings. The summed E-state index contributed by atoms with van der Waals surface area (Å²) in [6, 6.07) is 13.9. The van der Waals surface area contributed by atoms with Crippen molar-refractivity contribution in [2.75, 3.05) is 31.5 Å². The second kappa shape index (κ2) is 12.8. The highest BCUT2D eigenvalue weighted by Gasteiger charge is 2.22. The number of guanidine groups is 1. The van der Waals surface area contributed by atoms with E-state index in [0.29, 0.717) is 22.0 Å². The minimum Gasteiger partial charge on any atom is -0.370 e. The molecule has 6 nitrogen and oxygen atoms in total. The molecule has 1 aliphatic heterocycles. The first-order valence-electron chi connectivity index (χ1n) is 13.0. The van der Waals surface area contributed by atoms with Crippen LogP contribution in [0.5, 0.6) is 0 Å². The minimum atomic E-state index is -0.377. The molecular formula is C28H37Cl2N5O. The van der Waals surface area contributed by atoms with Crippen LogP contribution in [0, 0.1) is 5.92 Å². The molecule has 2 aromatic carbocycles. The van der Waals surface area contributed by atoms with E-state index in [1.807, 2.05) is 30.3 Å². The normalized spacial score (nSPS) is 20.2. The van der Waals surface area contributed by atoms with Crippen LogP contribution in [0.15, 0.2) is 47.5 Å². The number of piperazine rings is 1. The van der Waals surface area contributed by atoms with Crippen LogP contribution >= 0.6 is 23.2 Å². The van der Waals surface area contributed by atoms with E-state index >= 15 is 0 Å². The van der Waals surface area contributed by atoms with Crippen molar-refractivity contribution in [1.29, 1.82) is 0 Å². The van der Waals surface area contributed by atoms with Crippen LogP contribution in [-0.2, 0) is 4.79 Å². The van der Waals surface area contributed by atoms with Gasteiger partial charge in [-0.05, 0) is 61.1 Å². The van der Waals surface area contributed by atoms with Crippen molar-refractivity contribution in [2.45, 2.75) is 57.4 Å². The SMILES string of the molecule is C[C@H]1CN(/C(=N\CC2CCCCC2)Nc2ccc(C(CC(N)=O)c3ccc(Cl)cc3Cl)cc2)CCN1. The lowest BCUT2D eigenvalue weighted by molar-refractivity contribution is -0.118. The maximum atomic E-state index is 11.9. The van der Waals surface area contributed by atoms with Gasteiger partial charge in [0.2, 0.25) is 5.91 Å². The summed E-state index contributed by atoms with van der Waals surface area (Å²) in [5.41, 5.74) is 8.36. The molecule has 0 spiro atoms. The zero-order valence-corrected chi connectivity index (χ0v) is 22.5. The number of anilines is 1. The number of carbonyl (C=O) groups is 1. The summed E-state index contributed by atoms with van der Waals surface area (Å²) in [5, 5.41) is 8.19. The molecule has 1 amide bonds. The molecule has 0 radical (unpaired) electrons. The minimum absolute atomic E-state index is 0.168. The van der Waals surface area contributed by atoms with Gasteiger partial charge in [0.25, 0.3) is 0 Å². The molecule has 1 saturated carbocycles. The molecule has 1 unspecified atom stereocenters. The van der Waals surface area contributed by atoms with E-state index in [9.17, 15) is 4.79 Å². The van der Waals surface area contributed by atoms with Crippen LogP contribution < -0.4 is 16.4 Å². The Hall–Kier alpha value is -2.28. The zero-order chi connectivity index (χ0) is 25.5. The Balaban J connectivity index is 1.53. The average Bonchev–Trinajstić information content (AvgIpc) is 2.86. The Morgan fingerprint density at radius 3 is 2.58 bits per heavy atom. The summed E-state index contributed by atoms with van der Waals surface area (Å²) in [4.78, 5) is 19.3. The highest BCUT2D eigenvalue weighted by atomic mass is 35.5. The Kier molecular flexibility index (Phi) is 9.52. The van der Waals surface area contributed by atoms with Crippen molar-refractivity contribution < 1.29 is 4.79 Å². The largest absolute Gasteiger partial charge is 0.370 e. The summed E-state index contributed by atoms with van der Waals surface area (Å²) >= 11 is 12.6. The first-order valence-corrected chi connectivity index (χ1v) is 13.8. The molecule has 4 rings (SSSR count). The van der Waals surface area contributed by atoms with Crippen LogP contribution in [-0.4, -0.2) is 49.0 Å². The van der Waals surface area contributed by atoms with Gasteiger partial charge in [0.15, 0.2) is 5.96 Å². The standard InChI is InChI=1S/C28H37Cl2N5O/c1-19-18-35(14-13-32-19)28(33-17-20-5-3-2-4-6-20)34-23-10-7-21(8-11-23)25(16-27(31)36)24-12-9-22(29)15-26(24)30/h7-12,15,19-20,25,32H,2-6,13-14,16-18H2,1H3,(H2,31,36)(H,33,34)/t19-,25?/m0/s1. The van der Waals surface area contributed by atoms with Crippen LogP contribution in [0.2, 0.25) is 10.0 Å². The fourth-order valence-corrected chi connectivity index (χ4v) is 5.79. The molecule has 2 aliphatic rings. The second-order valence-corrected chi connectivity index (χ2v) is 10.9. The van der Waals surface area contributed by atoms with Gasteiger partial charge in [0.05, 0.1) is 0 Å². The first kappa shape index (κ1) is 26.8. The molecule has 1 saturated heterocycles. The number of nitrogens with one attached hydrogen (secondary N) is 2. The third kappa shape index (κ3) is 7.37. The molecular weight excluding hydrogens is 493 g/mol. The number of hydrogen-bond acceptors (Lipinski definition) is 3. The van der Waals surface area contributed by atoms with Crippen molar-refractivity contribution in [3.8, 4) is 0 Å². The first-order chi connectivity index (χ1) is 17.4. The predicted octanol–water partition coefficient (Wildman–Crippen LogP) is 5.64. The topological polar surface area (TPSA) is 82.8 Å². The summed E-state index contributed by atoms with van der Waals surface area (Å²) in [6.45, 7) is 5.87. The maximum absolute atomic E-state index is 11.9. The Bertz CT molecular complexity index is 1050. The van der Waals surface area contributed by atoms with Crippen LogP contribution in [0.25, 0.3) is 0 Å². The lowest BCUT2D eigenvalue weighted by atomic mass is 9.88. The number of aliphatic imine (C=N–C) groups is 1. The molecule has 0 aromatic heterocycles. The highest BCUT2D eigenvalue weighted by Crippen LogP contribution is 2.35. The fourth-order valence-electron chi connectivity index (χ4n) is 5.25. The number of nitrogens with two attached hydrogens (primary N) is 1. The van der Waals surface area contributed by atoms with Crippen LogP contribution in [0.1, 0.15) is 62.5 Å². The number of carbonyl (C=O) groups excluding carboxylic acids is 1. The van der Waals surface area contributed by atoms with E-state index < -0.39 is 0 Å². The molecule has 36 heavy (non-hydrogen) atoms. The van der Waals surface area contributed by atoms with E-state index in [0.717, 1.165) is 49.0 Å². The maximum Gasteiger partial charge on any atom is 0.218 e. The van der Waals surface area contributed by atoms with Gasteiger partial charge in [-0.3, -0.25) is 9.79 Å². The van der Waals surface area contributed by atoms with E-state index in [1.54, 1.807) is 12.1 Å². The van der Waals surface area contributed by atoms with Crippen molar-refractivity contribution in [1.82, 2.24) is 10.2 Å². The number of hydrogen-bond donors (Lipinski definition) is 3. The van der Waals surface area contributed by atoms with Crippen LogP contribution in [0.3, 0.4) is 0 Å². The molecule has 2 aromatic rings. The third-order valence-corrected chi connectivity index (χ3v) is 7.77. The molecule has 2 atom stereocenters. The number of benzene rings is 2.